The Morgan fingerprint density at radius 2 is 1.85 bits per heavy atom. The highest BCUT2D eigenvalue weighted by Gasteiger charge is 2.28. The average molecular weight is 354 g/mol. The molecule has 132 valence electrons. The number of benzene rings is 2. The van der Waals surface area contributed by atoms with Crippen LogP contribution in [-0.4, -0.2) is 22.3 Å². The lowest BCUT2D eigenvalue weighted by Crippen LogP contribution is -2.27. The first-order valence-electron chi connectivity index (χ1n) is 9.04. The van der Waals surface area contributed by atoms with E-state index in [1.165, 1.54) is 0 Å². The normalized spacial score (nSPS) is 20.5. The van der Waals surface area contributed by atoms with Gasteiger partial charge in [0.15, 0.2) is 0 Å². The van der Waals surface area contributed by atoms with Crippen molar-refractivity contribution in [1.29, 1.82) is 0 Å². The zero-order valence-electron chi connectivity index (χ0n) is 14.6. The molecule has 5 rings (SSSR count). The third-order valence-corrected chi connectivity index (χ3v) is 5.10. The highest BCUT2D eigenvalue weighted by molar-refractivity contribution is 5.79. The molecule has 2 heterocycles. The molecule has 0 spiro atoms. The molecule has 2 unspecified atom stereocenters. The van der Waals surface area contributed by atoms with Crippen LogP contribution in [0.4, 0.5) is 5.95 Å². The van der Waals surface area contributed by atoms with Crippen LogP contribution < -0.4 is 10.9 Å². The first-order chi connectivity index (χ1) is 13.3. The van der Waals surface area contributed by atoms with Crippen molar-refractivity contribution in [3.8, 4) is 5.69 Å². The van der Waals surface area contributed by atoms with Gasteiger partial charge in [-0.15, -0.1) is 0 Å². The van der Waals surface area contributed by atoms with Crippen LogP contribution in [0.25, 0.3) is 16.6 Å². The molecule has 5 nitrogen and oxygen atoms in total. The van der Waals surface area contributed by atoms with Gasteiger partial charge in [0.1, 0.15) is 0 Å². The van der Waals surface area contributed by atoms with E-state index in [9.17, 15) is 4.79 Å². The minimum Gasteiger partial charge on any atom is -0.329 e. The lowest BCUT2D eigenvalue weighted by atomic mass is 9.88. The highest BCUT2D eigenvalue weighted by atomic mass is 16.1. The highest BCUT2D eigenvalue weighted by Crippen LogP contribution is 2.30. The molecule has 2 aromatic carbocycles. The predicted molar refractivity (Wildman–Crippen MR) is 109 cm³/mol. The van der Waals surface area contributed by atoms with E-state index >= 15 is 0 Å². The van der Waals surface area contributed by atoms with Crippen LogP contribution in [0.15, 0.2) is 88.3 Å². The fraction of sp³-hybridized carbons (Fsp3) is 0.136. The summed E-state index contributed by atoms with van der Waals surface area (Å²) in [4.78, 5) is 22.4. The number of hydrogen-bond donors (Lipinski definition) is 1. The minimum atomic E-state index is -0.0829. The number of aliphatic imine (C=N–C) groups is 1. The van der Waals surface area contributed by atoms with E-state index in [4.69, 9.17) is 4.98 Å². The van der Waals surface area contributed by atoms with Crippen LogP contribution in [0.3, 0.4) is 0 Å². The van der Waals surface area contributed by atoms with E-state index in [-0.39, 0.29) is 11.5 Å². The Bertz CT molecular complexity index is 1160. The second-order valence-electron chi connectivity index (χ2n) is 6.76. The molecular weight excluding hydrogens is 336 g/mol. The van der Waals surface area contributed by atoms with Gasteiger partial charge in [-0.1, -0.05) is 42.5 Å². The standard InChI is InChI=1S/C22H18N4O/c27-21-17-10-4-5-11-19(17)24-22(26(21)16-8-2-1-3-9-16)25-20-12-6-7-15-13-23-14-18(15)20/h1-13,15,18H,14H2,(H,24,25). The van der Waals surface area contributed by atoms with Crippen molar-refractivity contribution in [3.05, 3.63) is 88.9 Å². The monoisotopic (exact) mass is 354 g/mol. The molecule has 27 heavy (non-hydrogen) atoms. The van der Waals surface area contributed by atoms with Gasteiger partial charge in [-0.2, -0.15) is 0 Å². The fourth-order valence-electron chi connectivity index (χ4n) is 3.72. The summed E-state index contributed by atoms with van der Waals surface area (Å²) in [7, 11) is 0. The van der Waals surface area contributed by atoms with Crippen molar-refractivity contribution in [1.82, 2.24) is 9.55 Å². The quantitative estimate of drug-likeness (QED) is 0.782. The van der Waals surface area contributed by atoms with Gasteiger partial charge in [-0.3, -0.25) is 9.79 Å². The Morgan fingerprint density at radius 3 is 2.74 bits per heavy atom. The lowest BCUT2D eigenvalue weighted by Gasteiger charge is -2.24. The van der Waals surface area contributed by atoms with Gasteiger partial charge < -0.3 is 5.32 Å². The Balaban J connectivity index is 1.68. The molecule has 1 aliphatic heterocycles. The average Bonchev–Trinajstić information content (AvgIpc) is 3.19. The molecule has 1 aromatic heterocycles. The van der Waals surface area contributed by atoms with Crippen molar-refractivity contribution in [2.24, 2.45) is 16.8 Å². The Kier molecular flexibility index (Phi) is 3.71. The number of nitrogens with one attached hydrogen (secondary N) is 1. The smallest absolute Gasteiger partial charge is 0.267 e. The van der Waals surface area contributed by atoms with Gasteiger partial charge in [0.25, 0.3) is 5.56 Å². The maximum absolute atomic E-state index is 13.2. The van der Waals surface area contributed by atoms with Gasteiger partial charge >= 0.3 is 0 Å². The topological polar surface area (TPSA) is 59.3 Å². The molecule has 0 saturated carbocycles. The summed E-state index contributed by atoms with van der Waals surface area (Å²) in [5, 5.41) is 4.04. The molecule has 0 bridgehead atoms. The van der Waals surface area contributed by atoms with Crippen LogP contribution in [0.2, 0.25) is 0 Å². The molecule has 2 aliphatic rings. The number of rotatable bonds is 3. The third kappa shape index (κ3) is 2.68. The van der Waals surface area contributed by atoms with E-state index in [1.807, 2.05) is 73.0 Å². The number of nitrogens with zero attached hydrogens (tertiary/aromatic N) is 3. The molecule has 2 atom stereocenters. The van der Waals surface area contributed by atoms with Gasteiger partial charge in [0.2, 0.25) is 5.95 Å². The Labute approximate surface area is 156 Å². The summed E-state index contributed by atoms with van der Waals surface area (Å²) in [6.45, 7) is 0.747. The van der Waals surface area contributed by atoms with E-state index in [0.717, 1.165) is 17.9 Å². The summed E-state index contributed by atoms with van der Waals surface area (Å²) < 4.78 is 1.65. The number of anilines is 1. The number of allylic oxidation sites excluding steroid dienone is 3. The first-order valence-corrected chi connectivity index (χ1v) is 9.04. The molecule has 0 fully saturated rings. The fourth-order valence-corrected chi connectivity index (χ4v) is 3.72. The molecule has 0 amide bonds. The molecule has 1 N–H and O–H groups in total. The second kappa shape index (κ2) is 6.36. The van der Waals surface area contributed by atoms with Crippen molar-refractivity contribution >= 4 is 23.1 Å². The first kappa shape index (κ1) is 15.8. The third-order valence-electron chi connectivity index (χ3n) is 5.10. The van der Waals surface area contributed by atoms with Gasteiger partial charge in [0, 0.05) is 30.3 Å². The SMILES string of the molecule is O=c1c2ccccc2nc(NC2=CC=CC3C=NCC23)n1-c1ccccc1. The molecular formula is C22H18N4O. The van der Waals surface area contributed by atoms with Crippen molar-refractivity contribution < 1.29 is 0 Å². The number of hydrogen-bond acceptors (Lipinski definition) is 4. The summed E-state index contributed by atoms with van der Waals surface area (Å²) in [6, 6.07) is 17.1. The van der Waals surface area contributed by atoms with E-state index < -0.39 is 0 Å². The minimum absolute atomic E-state index is 0.0829. The summed E-state index contributed by atoms with van der Waals surface area (Å²) >= 11 is 0. The largest absolute Gasteiger partial charge is 0.329 e. The lowest BCUT2D eigenvalue weighted by molar-refractivity contribution is 0.601. The Hall–Kier alpha value is -3.47. The van der Waals surface area contributed by atoms with Crippen LogP contribution in [0.1, 0.15) is 0 Å². The van der Waals surface area contributed by atoms with E-state index in [1.54, 1.807) is 4.57 Å². The van der Waals surface area contributed by atoms with Gasteiger partial charge in [-0.05, 0) is 30.3 Å². The number of para-hydroxylation sites is 2. The molecule has 0 radical (unpaired) electrons. The maximum Gasteiger partial charge on any atom is 0.267 e. The van der Waals surface area contributed by atoms with Gasteiger partial charge in [-0.25, -0.2) is 9.55 Å². The van der Waals surface area contributed by atoms with Crippen LogP contribution >= 0.6 is 0 Å². The molecule has 5 heteroatoms. The second-order valence-corrected chi connectivity index (χ2v) is 6.76. The molecule has 0 saturated heterocycles. The van der Waals surface area contributed by atoms with E-state index in [0.29, 0.717) is 22.8 Å². The summed E-state index contributed by atoms with van der Waals surface area (Å²) in [5.74, 6) is 1.09. The van der Waals surface area contributed by atoms with Crippen molar-refractivity contribution in [2.45, 2.75) is 0 Å². The van der Waals surface area contributed by atoms with Crippen molar-refractivity contribution in [3.63, 3.8) is 0 Å². The molecule has 3 aromatic rings. The van der Waals surface area contributed by atoms with E-state index in [2.05, 4.69) is 16.4 Å². The number of aromatic nitrogens is 2. The summed E-state index contributed by atoms with van der Waals surface area (Å²) in [5.41, 5.74) is 2.42. The van der Waals surface area contributed by atoms with Crippen molar-refractivity contribution in [2.75, 3.05) is 11.9 Å². The zero-order chi connectivity index (χ0) is 18.2. The van der Waals surface area contributed by atoms with Crippen LogP contribution in [0.5, 0.6) is 0 Å². The van der Waals surface area contributed by atoms with Crippen LogP contribution in [0, 0.1) is 11.8 Å². The Morgan fingerprint density at radius 1 is 1.04 bits per heavy atom. The maximum atomic E-state index is 13.2. The van der Waals surface area contributed by atoms with Gasteiger partial charge in [0.05, 0.1) is 16.6 Å². The summed E-state index contributed by atoms with van der Waals surface area (Å²) in [6.07, 6.45) is 8.23. The van der Waals surface area contributed by atoms with Crippen LogP contribution in [-0.2, 0) is 0 Å². The predicted octanol–water partition coefficient (Wildman–Crippen LogP) is 3.57. The number of fused-ring (bicyclic) bond motifs is 2. The zero-order valence-corrected chi connectivity index (χ0v) is 14.6. The molecule has 1 aliphatic carbocycles.